The molecule has 0 bridgehead atoms. The largest absolute Gasteiger partial charge is 0.456 e. The van der Waals surface area contributed by atoms with Gasteiger partial charge in [-0.25, -0.2) is 9.78 Å². The van der Waals surface area contributed by atoms with Crippen LogP contribution in [0.1, 0.15) is 11.3 Å². The maximum atomic E-state index is 13.0. The number of benzene rings is 1. The summed E-state index contributed by atoms with van der Waals surface area (Å²) < 4.78 is 5.30. The van der Waals surface area contributed by atoms with Crippen molar-refractivity contribution in [2.75, 3.05) is 18.2 Å². The molecule has 4 rings (SSSR count). The molecule has 2 atom stereocenters. The van der Waals surface area contributed by atoms with Crippen molar-refractivity contribution in [3.8, 4) is 0 Å². The quantitative estimate of drug-likeness (QED) is 0.105. The van der Waals surface area contributed by atoms with Crippen LogP contribution in [0.25, 0.3) is 0 Å². The lowest BCUT2D eigenvalue weighted by atomic mass is 10.0. The number of fused-ring (bicyclic) bond motifs is 1. The molecule has 1 aromatic carbocycles. The molecule has 1 saturated heterocycles. The average Bonchev–Trinajstić information content (AvgIpc) is 2.93. The number of hydrogen-bond donors (Lipinski definition) is 2. The zero-order chi connectivity index (χ0) is 28.1. The Kier molecular flexibility index (Phi) is 8.41. The minimum Gasteiger partial charge on any atom is -0.456 e. The molecule has 3 amide bonds. The van der Waals surface area contributed by atoms with E-state index in [1.54, 1.807) is 6.07 Å². The van der Waals surface area contributed by atoms with Crippen LogP contribution in [0.4, 0.5) is 11.5 Å². The Hall–Kier alpha value is -4.50. The van der Waals surface area contributed by atoms with Crippen LogP contribution in [0.15, 0.2) is 58.3 Å². The Morgan fingerprint density at radius 3 is 2.72 bits per heavy atom. The molecular formula is C23H19ClN6O8S. The molecule has 39 heavy (non-hydrogen) atoms. The highest BCUT2D eigenvalue weighted by Gasteiger charge is 2.54. The third-order valence-electron chi connectivity index (χ3n) is 5.51. The van der Waals surface area contributed by atoms with E-state index in [9.17, 15) is 29.3 Å². The predicted octanol–water partition coefficient (Wildman–Crippen LogP) is 1.50. The van der Waals surface area contributed by atoms with Crippen LogP contribution in [0, 0.1) is 10.1 Å². The molecule has 202 valence electrons. The van der Waals surface area contributed by atoms with Gasteiger partial charge in [-0.15, -0.1) is 11.8 Å². The molecule has 2 N–H and O–H groups in total. The number of aromatic nitrogens is 1. The first-order chi connectivity index (χ1) is 18.7. The van der Waals surface area contributed by atoms with Crippen molar-refractivity contribution in [2.45, 2.75) is 18.0 Å². The Balaban J connectivity index is 1.44. The van der Waals surface area contributed by atoms with E-state index in [0.29, 0.717) is 12.0 Å². The number of amides is 3. The number of halogens is 1. The number of β-lactam (4-membered cyclic amide) rings is 1. The van der Waals surface area contributed by atoms with Gasteiger partial charge in [0.1, 0.15) is 42.3 Å². The number of nitrogens with zero attached hydrogens (tertiary/aromatic N) is 4. The lowest BCUT2D eigenvalue weighted by Gasteiger charge is -2.49. The number of nitrogens with one attached hydrogen (secondary N) is 2. The zero-order valence-corrected chi connectivity index (χ0v) is 21.6. The smallest absolute Gasteiger partial charge is 0.356 e. The van der Waals surface area contributed by atoms with Crippen molar-refractivity contribution in [1.29, 1.82) is 0 Å². The summed E-state index contributed by atoms with van der Waals surface area (Å²) in [7, 11) is 1.23. The number of anilines is 1. The van der Waals surface area contributed by atoms with Crippen LogP contribution in [-0.4, -0.2) is 69.0 Å². The van der Waals surface area contributed by atoms with Gasteiger partial charge in [0.05, 0.1) is 9.96 Å². The van der Waals surface area contributed by atoms with Crippen molar-refractivity contribution in [1.82, 2.24) is 15.2 Å². The number of nitro benzene ring substituents is 1. The van der Waals surface area contributed by atoms with Gasteiger partial charge in [-0.1, -0.05) is 22.8 Å². The van der Waals surface area contributed by atoms with Gasteiger partial charge in [-0.05, 0) is 29.8 Å². The van der Waals surface area contributed by atoms with Crippen LogP contribution >= 0.6 is 23.4 Å². The third-order valence-corrected chi connectivity index (χ3v) is 7.27. The first-order valence-corrected chi connectivity index (χ1v) is 12.5. The molecule has 2 aromatic rings. The molecular weight excluding hydrogens is 556 g/mol. The first-order valence-electron chi connectivity index (χ1n) is 11.1. The molecule has 0 saturated carbocycles. The minimum atomic E-state index is -1.01. The average molecular weight is 575 g/mol. The van der Waals surface area contributed by atoms with Crippen LogP contribution in [0.3, 0.4) is 0 Å². The van der Waals surface area contributed by atoms with Crippen molar-refractivity contribution in [3.63, 3.8) is 0 Å². The molecule has 2 aliphatic rings. The van der Waals surface area contributed by atoms with Gasteiger partial charge in [0, 0.05) is 17.9 Å². The van der Waals surface area contributed by atoms with Crippen molar-refractivity contribution in [2.24, 2.45) is 5.16 Å². The second-order valence-electron chi connectivity index (χ2n) is 7.91. The number of hydrogen-bond acceptors (Lipinski definition) is 11. The Labute approximate surface area is 229 Å². The summed E-state index contributed by atoms with van der Waals surface area (Å²) in [6, 6.07) is 8.95. The van der Waals surface area contributed by atoms with E-state index in [-0.39, 0.29) is 46.0 Å². The molecule has 1 unspecified atom stereocenters. The number of rotatable bonds is 10. The lowest BCUT2D eigenvalue weighted by molar-refractivity contribution is -0.384. The molecule has 1 aromatic heterocycles. The Morgan fingerprint density at radius 1 is 1.31 bits per heavy atom. The second kappa shape index (κ2) is 11.9. The maximum Gasteiger partial charge on any atom is 0.356 e. The molecule has 14 nitrogen and oxygen atoms in total. The number of pyridine rings is 1. The van der Waals surface area contributed by atoms with E-state index in [2.05, 4.69) is 20.8 Å². The minimum absolute atomic E-state index is 0.0829. The number of nitro groups is 1. The van der Waals surface area contributed by atoms with Crippen molar-refractivity contribution in [3.05, 3.63) is 74.6 Å². The van der Waals surface area contributed by atoms with Crippen LogP contribution in [0.2, 0.25) is 0 Å². The molecule has 0 aliphatic carbocycles. The van der Waals surface area contributed by atoms with E-state index in [1.807, 2.05) is 0 Å². The fourth-order valence-electron chi connectivity index (χ4n) is 3.72. The van der Waals surface area contributed by atoms with Gasteiger partial charge < -0.3 is 20.2 Å². The molecule has 3 heterocycles. The van der Waals surface area contributed by atoms with E-state index in [0.717, 1.165) is 4.90 Å². The van der Waals surface area contributed by atoms with Gasteiger partial charge >= 0.3 is 5.97 Å². The molecule has 0 radical (unpaired) electrons. The van der Waals surface area contributed by atoms with E-state index < -0.39 is 34.1 Å². The second-order valence-corrected chi connectivity index (χ2v) is 9.47. The lowest BCUT2D eigenvalue weighted by Crippen LogP contribution is -2.71. The van der Waals surface area contributed by atoms with Gasteiger partial charge in [0.25, 0.3) is 17.5 Å². The Bertz CT molecular complexity index is 1400. The van der Waals surface area contributed by atoms with Gasteiger partial charge in [0.15, 0.2) is 5.71 Å². The van der Waals surface area contributed by atoms with Crippen LogP contribution < -0.4 is 10.6 Å². The number of esters is 1. The fourth-order valence-corrected chi connectivity index (χ4v) is 5.26. The maximum absolute atomic E-state index is 13.0. The van der Waals surface area contributed by atoms with Crippen LogP contribution in [-0.2, 0) is 35.4 Å². The summed E-state index contributed by atoms with van der Waals surface area (Å²) in [6.07, 6.45) is 0.425. The monoisotopic (exact) mass is 574 g/mol. The van der Waals surface area contributed by atoms with Crippen LogP contribution in [0.5, 0.6) is 0 Å². The number of thioether (sulfide) groups is 1. The van der Waals surface area contributed by atoms with Gasteiger partial charge in [-0.2, -0.15) is 0 Å². The molecule has 2 aliphatic heterocycles. The standard InChI is InChI=1S/C23H19ClN6O8S/c1-37-28-17(15-3-2-4-16(26-15)25-11-31)20(32)27-18-21(33)29-19(14(24)10-39-22(18)29)23(34)38-9-12-5-7-13(8-6-12)30(35)36/h2-8,11,18,22H,9-10H2,1H3,(H,27,32)(H,25,26,31)/t18?,22-/m1/s1. The normalized spacial score (nSPS) is 18.5. The first kappa shape index (κ1) is 27.5. The summed E-state index contributed by atoms with van der Waals surface area (Å²) in [5.41, 5.74) is 0.0911. The summed E-state index contributed by atoms with van der Waals surface area (Å²) in [6.45, 7) is -0.202. The summed E-state index contributed by atoms with van der Waals surface area (Å²) >= 11 is 7.51. The van der Waals surface area contributed by atoms with Crippen molar-refractivity contribution >= 4 is 64.8 Å². The fraction of sp³-hybridized carbons (Fsp3) is 0.217. The number of carbonyl (C=O) groups excluding carboxylic acids is 4. The van der Waals surface area contributed by atoms with Crippen molar-refractivity contribution < 1.29 is 33.7 Å². The summed E-state index contributed by atoms with van der Waals surface area (Å²) in [4.78, 5) is 69.9. The molecule has 1 fully saturated rings. The predicted molar refractivity (Wildman–Crippen MR) is 138 cm³/mol. The molecule has 0 spiro atoms. The van der Waals surface area contributed by atoms with Gasteiger partial charge in [-0.3, -0.25) is 29.4 Å². The summed E-state index contributed by atoms with van der Waals surface area (Å²) in [5.74, 6) is -1.86. The highest BCUT2D eigenvalue weighted by Crippen LogP contribution is 2.41. The Morgan fingerprint density at radius 2 is 2.05 bits per heavy atom. The SMILES string of the molecule is CON=C(C(=O)NC1C(=O)N2C(C(=O)OCc3ccc([N+](=O)[O-])cc3)=C(Cl)CS[C@H]12)c1cccc(NC=O)n1. The van der Waals surface area contributed by atoms with Gasteiger partial charge in [0.2, 0.25) is 6.41 Å². The number of non-ortho nitro benzene ring substituents is 1. The topological polar surface area (TPSA) is 182 Å². The summed E-state index contributed by atoms with van der Waals surface area (Å²) in [5, 5.41) is 18.9. The number of carbonyl (C=O) groups is 4. The van der Waals surface area contributed by atoms with E-state index in [1.165, 1.54) is 55.3 Å². The third kappa shape index (κ3) is 5.83. The highest BCUT2D eigenvalue weighted by atomic mass is 35.5. The molecule has 16 heteroatoms. The van der Waals surface area contributed by atoms with E-state index >= 15 is 0 Å². The number of oxime groups is 1. The zero-order valence-electron chi connectivity index (χ0n) is 20.0. The number of ether oxygens (including phenoxy) is 1. The highest BCUT2D eigenvalue weighted by molar-refractivity contribution is 8.00. The van der Waals surface area contributed by atoms with E-state index in [4.69, 9.17) is 21.2 Å².